The summed E-state index contributed by atoms with van der Waals surface area (Å²) in [5.74, 6) is -0.202. The minimum Gasteiger partial charge on any atom is -0.459 e. The van der Waals surface area contributed by atoms with Gasteiger partial charge in [-0.15, -0.1) is 0 Å². The van der Waals surface area contributed by atoms with Crippen molar-refractivity contribution in [2.45, 2.75) is 44.0 Å². The van der Waals surface area contributed by atoms with Gasteiger partial charge < -0.3 is 14.6 Å². The van der Waals surface area contributed by atoms with E-state index in [2.05, 4.69) is 10.0 Å². The second-order valence-electron chi connectivity index (χ2n) is 7.49. The third-order valence-corrected chi connectivity index (χ3v) is 6.89. The minimum atomic E-state index is -3.58. The molecule has 0 bridgehead atoms. The van der Waals surface area contributed by atoms with Gasteiger partial charge in [-0.3, -0.25) is 9.59 Å². The molecule has 1 saturated heterocycles. The molecule has 0 aliphatic carbocycles. The van der Waals surface area contributed by atoms with Crippen molar-refractivity contribution in [3.63, 3.8) is 0 Å². The van der Waals surface area contributed by atoms with Crippen LogP contribution in [0.15, 0.2) is 52.0 Å². The van der Waals surface area contributed by atoms with Crippen molar-refractivity contribution in [2.24, 2.45) is 5.92 Å². The smallest absolute Gasteiger partial charge is 0.289 e. The number of furan rings is 1. The summed E-state index contributed by atoms with van der Waals surface area (Å²) in [6.45, 7) is 4.68. The first-order valence-electron chi connectivity index (χ1n) is 10.1. The van der Waals surface area contributed by atoms with E-state index in [4.69, 9.17) is 4.42 Å². The van der Waals surface area contributed by atoms with Gasteiger partial charge in [-0.1, -0.05) is 6.92 Å². The Labute approximate surface area is 176 Å². The highest BCUT2D eigenvalue weighted by molar-refractivity contribution is 7.89. The molecule has 1 aromatic carbocycles. The molecule has 1 aromatic heterocycles. The molecule has 1 fully saturated rings. The Morgan fingerprint density at radius 1 is 1.17 bits per heavy atom. The highest BCUT2D eigenvalue weighted by Crippen LogP contribution is 2.22. The van der Waals surface area contributed by atoms with E-state index in [0.29, 0.717) is 43.8 Å². The average Bonchev–Trinajstić information content (AvgIpc) is 3.28. The fourth-order valence-electron chi connectivity index (χ4n) is 3.28. The van der Waals surface area contributed by atoms with Gasteiger partial charge in [-0.05, 0) is 62.6 Å². The molecule has 0 radical (unpaired) electrons. The number of nitrogens with one attached hydrogen (secondary N) is 2. The van der Waals surface area contributed by atoms with Crippen LogP contribution in [-0.4, -0.2) is 44.3 Å². The molecular formula is C21H27N3O5S. The Morgan fingerprint density at radius 2 is 1.83 bits per heavy atom. The van der Waals surface area contributed by atoms with Gasteiger partial charge in [-0.2, -0.15) is 0 Å². The largest absolute Gasteiger partial charge is 0.459 e. The average molecular weight is 434 g/mol. The quantitative estimate of drug-likeness (QED) is 0.698. The van der Waals surface area contributed by atoms with Crippen molar-refractivity contribution in [2.75, 3.05) is 18.4 Å². The lowest BCUT2D eigenvalue weighted by Crippen LogP contribution is -2.41. The van der Waals surface area contributed by atoms with Crippen molar-refractivity contribution >= 4 is 27.5 Å². The van der Waals surface area contributed by atoms with E-state index in [1.54, 1.807) is 36.1 Å². The van der Waals surface area contributed by atoms with E-state index >= 15 is 0 Å². The summed E-state index contributed by atoms with van der Waals surface area (Å²) in [5.41, 5.74) is 0.539. The Kier molecular flexibility index (Phi) is 6.94. The van der Waals surface area contributed by atoms with E-state index in [0.717, 1.165) is 0 Å². The van der Waals surface area contributed by atoms with E-state index in [9.17, 15) is 18.0 Å². The number of amides is 2. The zero-order chi connectivity index (χ0) is 21.7. The second-order valence-corrected chi connectivity index (χ2v) is 9.20. The number of piperidine rings is 1. The molecule has 30 heavy (non-hydrogen) atoms. The first-order valence-corrected chi connectivity index (χ1v) is 11.5. The number of likely N-dealkylation sites (tertiary alicyclic amines) is 1. The molecule has 2 aromatic rings. The van der Waals surface area contributed by atoms with Gasteiger partial charge in [0.2, 0.25) is 15.9 Å². The van der Waals surface area contributed by atoms with Crippen molar-refractivity contribution in [1.29, 1.82) is 0 Å². The lowest BCUT2D eigenvalue weighted by molar-refractivity contribution is -0.121. The molecule has 162 valence electrons. The molecule has 2 N–H and O–H groups in total. The van der Waals surface area contributed by atoms with E-state index < -0.39 is 10.0 Å². The molecule has 1 atom stereocenters. The van der Waals surface area contributed by atoms with Gasteiger partial charge in [0.25, 0.3) is 5.91 Å². The Morgan fingerprint density at radius 3 is 2.40 bits per heavy atom. The molecule has 2 amide bonds. The van der Waals surface area contributed by atoms with Gasteiger partial charge in [0.15, 0.2) is 5.76 Å². The van der Waals surface area contributed by atoms with Gasteiger partial charge in [0.1, 0.15) is 0 Å². The Hall–Kier alpha value is -2.65. The van der Waals surface area contributed by atoms with E-state index in [-0.39, 0.29) is 28.7 Å². The van der Waals surface area contributed by atoms with Crippen molar-refractivity contribution in [3.05, 3.63) is 48.4 Å². The summed E-state index contributed by atoms with van der Waals surface area (Å²) in [4.78, 5) is 26.7. The van der Waals surface area contributed by atoms with Gasteiger partial charge >= 0.3 is 0 Å². The van der Waals surface area contributed by atoms with Crippen LogP contribution < -0.4 is 10.0 Å². The summed E-state index contributed by atoms with van der Waals surface area (Å²) in [6.07, 6.45) is 3.27. The minimum absolute atomic E-state index is 0.131. The lowest BCUT2D eigenvalue weighted by Gasteiger charge is -2.30. The molecule has 0 saturated carbocycles. The standard InChI is InChI=1S/C21H27N3O5S/c1-3-15(2)23-30(27,28)18-8-6-17(7-9-18)22-20(25)16-10-12-24(13-11-16)21(26)19-5-4-14-29-19/h4-9,14-16,23H,3,10-13H2,1-2H3,(H,22,25)/t15-/m0/s1. The summed E-state index contributed by atoms with van der Waals surface area (Å²) in [7, 11) is -3.58. The highest BCUT2D eigenvalue weighted by atomic mass is 32.2. The third kappa shape index (κ3) is 5.28. The number of anilines is 1. The van der Waals surface area contributed by atoms with Crippen LogP contribution in [0.5, 0.6) is 0 Å². The van der Waals surface area contributed by atoms with Crippen LogP contribution in [0, 0.1) is 5.92 Å². The van der Waals surface area contributed by atoms with Crippen LogP contribution in [0.25, 0.3) is 0 Å². The van der Waals surface area contributed by atoms with Crippen LogP contribution in [0.3, 0.4) is 0 Å². The monoisotopic (exact) mass is 433 g/mol. The summed E-state index contributed by atoms with van der Waals surface area (Å²) in [5, 5.41) is 2.84. The van der Waals surface area contributed by atoms with Crippen LogP contribution in [0.4, 0.5) is 5.69 Å². The predicted molar refractivity (Wildman–Crippen MR) is 112 cm³/mol. The Bertz CT molecular complexity index is 963. The summed E-state index contributed by atoms with van der Waals surface area (Å²) < 4.78 is 32.4. The van der Waals surface area contributed by atoms with E-state index in [1.807, 2.05) is 6.92 Å². The molecule has 1 aliphatic heterocycles. The molecular weight excluding hydrogens is 406 g/mol. The van der Waals surface area contributed by atoms with Crippen molar-refractivity contribution < 1.29 is 22.4 Å². The zero-order valence-electron chi connectivity index (χ0n) is 17.1. The molecule has 0 spiro atoms. The maximum atomic E-state index is 12.6. The molecule has 3 rings (SSSR count). The normalized spacial score (nSPS) is 16.3. The number of hydrogen-bond acceptors (Lipinski definition) is 5. The van der Waals surface area contributed by atoms with Gasteiger partial charge in [0.05, 0.1) is 11.2 Å². The number of sulfonamides is 1. The first kappa shape index (κ1) is 22.0. The van der Waals surface area contributed by atoms with Crippen LogP contribution in [0.1, 0.15) is 43.7 Å². The first-order chi connectivity index (χ1) is 14.3. The lowest BCUT2D eigenvalue weighted by atomic mass is 9.95. The summed E-state index contributed by atoms with van der Waals surface area (Å²) in [6, 6.07) is 9.26. The number of rotatable bonds is 7. The van der Waals surface area contributed by atoms with Crippen LogP contribution in [0.2, 0.25) is 0 Å². The maximum Gasteiger partial charge on any atom is 0.289 e. The molecule has 1 aliphatic rings. The predicted octanol–water partition coefficient (Wildman–Crippen LogP) is 2.85. The number of carbonyl (C=O) groups is 2. The van der Waals surface area contributed by atoms with Crippen molar-refractivity contribution in [1.82, 2.24) is 9.62 Å². The Balaban J connectivity index is 1.53. The summed E-state index contributed by atoms with van der Waals surface area (Å²) >= 11 is 0. The number of nitrogens with zero attached hydrogens (tertiary/aromatic N) is 1. The SMILES string of the molecule is CC[C@H](C)NS(=O)(=O)c1ccc(NC(=O)C2CCN(C(=O)c3ccco3)CC2)cc1. The van der Waals surface area contributed by atoms with E-state index in [1.165, 1.54) is 18.4 Å². The fourth-order valence-corrected chi connectivity index (χ4v) is 4.61. The maximum absolute atomic E-state index is 12.6. The zero-order valence-corrected chi connectivity index (χ0v) is 17.9. The van der Waals surface area contributed by atoms with Crippen molar-refractivity contribution in [3.8, 4) is 0 Å². The third-order valence-electron chi connectivity index (χ3n) is 5.29. The number of carbonyl (C=O) groups excluding carboxylic acids is 2. The van der Waals surface area contributed by atoms with Gasteiger partial charge in [0, 0.05) is 30.7 Å². The topological polar surface area (TPSA) is 109 Å². The number of benzene rings is 1. The van der Waals surface area contributed by atoms with Gasteiger partial charge in [-0.25, -0.2) is 13.1 Å². The molecule has 0 unspecified atom stereocenters. The molecule has 9 heteroatoms. The fraction of sp³-hybridized carbons (Fsp3) is 0.429. The van der Waals surface area contributed by atoms with Crippen LogP contribution in [-0.2, 0) is 14.8 Å². The molecule has 8 nitrogen and oxygen atoms in total. The second kappa shape index (κ2) is 9.44. The highest BCUT2D eigenvalue weighted by Gasteiger charge is 2.28. The molecule has 2 heterocycles. The van der Waals surface area contributed by atoms with Crippen LogP contribution >= 0.6 is 0 Å². The number of hydrogen-bond donors (Lipinski definition) is 2.